The largest absolute Gasteiger partial charge is 0.350 e. The molecule has 0 amide bonds. The van der Waals surface area contributed by atoms with Gasteiger partial charge in [0.15, 0.2) is 11.6 Å². The molecule has 1 atom stereocenters. The van der Waals surface area contributed by atoms with Gasteiger partial charge in [0, 0.05) is 31.5 Å². The maximum atomic E-state index is 14.0. The van der Waals surface area contributed by atoms with E-state index < -0.39 is 11.6 Å². The van der Waals surface area contributed by atoms with Crippen LogP contribution >= 0.6 is 0 Å². The zero-order valence-electron chi connectivity index (χ0n) is 15.5. The maximum Gasteiger partial charge on any atom is 0.159 e. The third kappa shape index (κ3) is 3.54. The lowest BCUT2D eigenvalue weighted by Crippen LogP contribution is -2.30. The van der Waals surface area contributed by atoms with Gasteiger partial charge in [0.05, 0.1) is 6.04 Å². The molecule has 4 heteroatoms. The first-order valence-corrected chi connectivity index (χ1v) is 9.58. The summed E-state index contributed by atoms with van der Waals surface area (Å²) in [5, 5.41) is 0. The molecule has 4 rings (SSSR count). The fraction of sp³-hybridized carbons (Fsp3) is 0.304. The summed E-state index contributed by atoms with van der Waals surface area (Å²) in [6.45, 7) is 4.80. The SMILES string of the molecule is CCc1ccccc1CN1CCCn2cccc2[C@@H]1c1ccc(F)c(F)c1. The van der Waals surface area contributed by atoms with Gasteiger partial charge in [-0.05, 0) is 53.8 Å². The van der Waals surface area contributed by atoms with Crippen molar-refractivity contribution >= 4 is 0 Å². The molecule has 0 fully saturated rings. The lowest BCUT2D eigenvalue weighted by Gasteiger charge is -2.31. The van der Waals surface area contributed by atoms with E-state index in [4.69, 9.17) is 0 Å². The molecule has 2 aromatic carbocycles. The summed E-state index contributed by atoms with van der Waals surface area (Å²) in [5.74, 6) is -1.59. The molecule has 1 aliphatic rings. The van der Waals surface area contributed by atoms with Crippen molar-refractivity contribution in [3.8, 4) is 0 Å². The highest BCUT2D eigenvalue weighted by Crippen LogP contribution is 2.34. The Morgan fingerprint density at radius 2 is 1.74 bits per heavy atom. The van der Waals surface area contributed by atoms with E-state index in [1.807, 2.05) is 6.07 Å². The molecular formula is C23H24F2N2. The Hall–Kier alpha value is -2.46. The van der Waals surface area contributed by atoms with Crippen LogP contribution in [0.2, 0.25) is 0 Å². The summed E-state index contributed by atoms with van der Waals surface area (Å²) in [6.07, 6.45) is 4.08. The predicted molar refractivity (Wildman–Crippen MR) is 103 cm³/mol. The molecule has 1 aromatic heterocycles. The summed E-state index contributed by atoms with van der Waals surface area (Å²) < 4.78 is 29.8. The summed E-state index contributed by atoms with van der Waals surface area (Å²) in [5.41, 5.74) is 4.56. The van der Waals surface area contributed by atoms with Gasteiger partial charge in [-0.3, -0.25) is 4.90 Å². The third-order valence-corrected chi connectivity index (χ3v) is 5.49. The van der Waals surface area contributed by atoms with Crippen molar-refractivity contribution in [3.05, 3.63) is 94.8 Å². The van der Waals surface area contributed by atoms with E-state index in [0.717, 1.165) is 43.7 Å². The van der Waals surface area contributed by atoms with E-state index in [0.29, 0.717) is 0 Å². The Labute approximate surface area is 159 Å². The summed E-state index contributed by atoms with van der Waals surface area (Å²) in [4.78, 5) is 2.39. The lowest BCUT2D eigenvalue weighted by molar-refractivity contribution is 0.219. The molecule has 0 aliphatic carbocycles. The second-order valence-electron chi connectivity index (χ2n) is 7.15. The van der Waals surface area contributed by atoms with Crippen molar-refractivity contribution in [2.75, 3.05) is 6.54 Å². The van der Waals surface area contributed by atoms with Gasteiger partial charge in [0.2, 0.25) is 0 Å². The fourth-order valence-electron chi connectivity index (χ4n) is 4.15. The molecule has 1 aliphatic heterocycles. The number of rotatable bonds is 4. The average molecular weight is 366 g/mol. The standard InChI is InChI=1S/C23H24F2N2/c1-2-17-7-3-4-8-19(17)16-27-14-6-13-26-12-5-9-22(26)23(27)18-10-11-20(24)21(25)15-18/h3-5,7-12,15,23H,2,6,13-14,16H2,1H3/t23-/m0/s1. The number of aryl methyl sites for hydroxylation is 2. The van der Waals surface area contributed by atoms with Gasteiger partial charge < -0.3 is 4.57 Å². The predicted octanol–water partition coefficient (Wildman–Crippen LogP) is 5.32. The monoisotopic (exact) mass is 366 g/mol. The van der Waals surface area contributed by atoms with Crippen molar-refractivity contribution in [3.63, 3.8) is 0 Å². The van der Waals surface area contributed by atoms with Crippen molar-refractivity contribution < 1.29 is 8.78 Å². The van der Waals surface area contributed by atoms with E-state index in [1.165, 1.54) is 23.3 Å². The van der Waals surface area contributed by atoms with Crippen LogP contribution in [0.15, 0.2) is 60.8 Å². The number of nitrogens with zero attached hydrogens (tertiary/aromatic N) is 2. The number of aromatic nitrogens is 1. The second-order valence-corrected chi connectivity index (χ2v) is 7.15. The first kappa shape index (κ1) is 17.9. The van der Waals surface area contributed by atoms with Crippen LogP contribution in [0.5, 0.6) is 0 Å². The van der Waals surface area contributed by atoms with Crippen LogP contribution < -0.4 is 0 Å². The van der Waals surface area contributed by atoms with Crippen molar-refractivity contribution in [2.45, 2.75) is 38.9 Å². The van der Waals surface area contributed by atoms with Crippen LogP contribution in [0.3, 0.4) is 0 Å². The fourth-order valence-corrected chi connectivity index (χ4v) is 4.15. The van der Waals surface area contributed by atoms with E-state index in [1.54, 1.807) is 6.07 Å². The Bertz CT molecular complexity index is 932. The number of hydrogen-bond donors (Lipinski definition) is 0. The molecule has 0 N–H and O–H groups in total. The minimum atomic E-state index is -0.800. The molecule has 27 heavy (non-hydrogen) atoms. The quantitative estimate of drug-likeness (QED) is 0.606. The topological polar surface area (TPSA) is 8.17 Å². The number of hydrogen-bond acceptors (Lipinski definition) is 1. The smallest absolute Gasteiger partial charge is 0.159 e. The van der Waals surface area contributed by atoms with Crippen LogP contribution in [0.4, 0.5) is 8.78 Å². The van der Waals surface area contributed by atoms with E-state index >= 15 is 0 Å². The highest BCUT2D eigenvalue weighted by Gasteiger charge is 2.28. The summed E-state index contributed by atoms with van der Waals surface area (Å²) >= 11 is 0. The molecule has 0 radical (unpaired) electrons. The Kier molecular flexibility index (Phi) is 5.08. The highest BCUT2D eigenvalue weighted by molar-refractivity contribution is 5.32. The average Bonchev–Trinajstić information content (AvgIpc) is 3.06. The lowest BCUT2D eigenvalue weighted by atomic mass is 9.99. The van der Waals surface area contributed by atoms with Crippen LogP contribution in [-0.2, 0) is 19.5 Å². The molecule has 3 aromatic rings. The molecular weight excluding hydrogens is 342 g/mol. The van der Waals surface area contributed by atoms with E-state index in [2.05, 4.69) is 52.9 Å². The van der Waals surface area contributed by atoms with E-state index in [9.17, 15) is 8.78 Å². The first-order valence-electron chi connectivity index (χ1n) is 9.58. The molecule has 0 unspecified atom stereocenters. The van der Waals surface area contributed by atoms with Crippen LogP contribution in [-0.4, -0.2) is 16.0 Å². The van der Waals surface area contributed by atoms with Gasteiger partial charge in [-0.2, -0.15) is 0 Å². The van der Waals surface area contributed by atoms with Gasteiger partial charge in [-0.25, -0.2) is 8.78 Å². The molecule has 0 spiro atoms. The maximum absolute atomic E-state index is 14.0. The Morgan fingerprint density at radius 3 is 2.52 bits per heavy atom. The van der Waals surface area contributed by atoms with Gasteiger partial charge in [-0.15, -0.1) is 0 Å². The van der Waals surface area contributed by atoms with Crippen molar-refractivity contribution in [1.82, 2.24) is 9.47 Å². The van der Waals surface area contributed by atoms with Gasteiger partial charge in [0.25, 0.3) is 0 Å². The summed E-state index contributed by atoms with van der Waals surface area (Å²) in [7, 11) is 0. The van der Waals surface area contributed by atoms with Gasteiger partial charge in [0.1, 0.15) is 0 Å². The zero-order valence-corrected chi connectivity index (χ0v) is 15.5. The van der Waals surface area contributed by atoms with Gasteiger partial charge >= 0.3 is 0 Å². The van der Waals surface area contributed by atoms with E-state index in [-0.39, 0.29) is 6.04 Å². The van der Waals surface area contributed by atoms with Crippen LogP contribution in [0.1, 0.15) is 41.8 Å². The molecule has 2 nitrogen and oxygen atoms in total. The van der Waals surface area contributed by atoms with Crippen molar-refractivity contribution in [1.29, 1.82) is 0 Å². The van der Waals surface area contributed by atoms with Crippen LogP contribution in [0.25, 0.3) is 0 Å². The molecule has 0 bridgehead atoms. The summed E-state index contributed by atoms with van der Waals surface area (Å²) in [6, 6.07) is 16.8. The molecule has 0 saturated carbocycles. The normalized spacial score (nSPS) is 17.5. The van der Waals surface area contributed by atoms with Gasteiger partial charge in [-0.1, -0.05) is 37.3 Å². The number of halogens is 2. The minimum absolute atomic E-state index is 0.0949. The van der Waals surface area contributed by atoms with Crippen LogP contribution in [0, 0.1) is 11.6 Å². The second kappa shape index (κ2) is 7.65. The molecule has 140 valence electrons. The Balaban J connectivity index is 1.77. The zero-order chi connectivity index (χ0) is 18.8. The molecule has 2 heterocycles. The highest BCUT2D eigenvalue weighted by atomic mass is 19.2. The Morgan fingerprint density at radius 1 is 0.926 bits per heavy atom. The number of fused-ring (bicyclic) bond motifs is 1. The first-order chi connectivity index (χ1) is 13.2. The minimum Gasteiger partial charge on any atom is -0.350 e. The number of benzene rings is 2. The third-order valence-electron chi connectivity index (χ3n) is 5.49. The molecule has 0 saturated heterocycles. The van der Waals surface area contributed by atoms with Crippen molar-refractivity contribution in [2.24, 2.45) is 0 Å².